The molecule has 4 rings (SSSR count). The molecule has 0 radical (unpaired) electrons. The molecule has 0 saturated heterocycles. The molecule has 0 aliphatic carbocycles. The fourth-order valence-electron chi connectivity index (χ4n) is 2.85. The zero-order chi connectivity index (χ0) is 15.5. The van der Waals surface area contributed by atoms with Crippen LogP contribution in [0.4, 0.5) is 5.69 Å². The molecule has 0 N–H and O–H groups in total. The molecule has 1 aliphatic heterocycles. The lowest BCUT2D eigenvalue weighted by Crippen LogP contribution is -2.19. The molecule has 2 aromatic heterocycles. The molecule has 0 unspecified atom stereocenters. The second-order valence-corrected chi connectivity index (χ2v) is 5.44. The van der Waals surface area contributed by atoms with E-state index >= 15 is 0 Å². The molecule has 4 nitrogen and oxygen atoms in total. The fourth-order valence-corrected chi connectivity index (χ4v) is 2.85. The van der Waals surface area contributed by atoms with Crippen LogP contribution in [0.1, 0.15) is 23.7 Å². The zero-order valence-electron chi connectivity index (χ0n) is 12.6. The number of nitrogens with zero attached hydrogens (tertiary/aromatic N) is 4. The third-order valence-electron chi connectivity index (χ3n) is 3.97. The van der Waals surface area contributed by atoms with Gasteiger partial charge in [-0.05, 0) is 36.4 Å². The Hall–Kier alpha value is -3.01. The lowest BCUT2D eigenvalue weighted by molar-refractivity contribution is 0.686. The van der Waals surface area contributed by atoms with Crippen molar-refractivity contribution >= 4 is 11.4 Å². The maximum Gasteiger partial charge on any atom is 0.100 e. The quantitative estimate of drug-likeness (QED) is 0.738. The molecule has 1 atom stereocenters. The number of rotatable bonds is 3. The standard InChI is InChI=1S/C19H16N4/c1-2-6-16(7-3-1)23-19(17-8-4-5-11-21-17)14-18(22-23)15-9-12-20-13-10-15/h1-13,19H,14H2/t19-/m0/s1. The van der Waals surface area contributed by atoms with Crippen LogP contribution >= 0.6 is 0 Å². The van der Waals surface area contributed by atoms with E-state index in [4.69, 9.17) is 5.10 Å². The average molecular weight is 300 g/mol. The van der Waals surface area contributed by atoms with Crippen molar-refractivity contribution < 1.29 is 0 Å². The summed E-state index contributed by atoms with van der Waals surface area (Å²) >= 11 is 0. The van der Waals surface area contributed by atoms with E-state index in [1.807, 2.05) is 48.7 Å². The minimum absolute atomic E-state index is 0.113. The highest BCUT2D eigenvalue weighted by Crippen LogP contribution is 2.35. The Labute approximate surface area is 135 Å². The fraction of sp³-hybridized carbons (Fsp3) is 0.105. The van der Waals surface area contributed by atoms with Gasteiger partial charge in [0.15, 0.2) is 0 Å². The van der Waals surface area contributed by atoms with Gasteiger partial charge in [0.25, 0.3) is 0 Å². The Kier molecular flexibility index (Phi) is 3.56. The summed E-state index contributed by atoms with van der Waals surface area (Å²) in [6.07, 6.45) is 6.27. The van der Waals surface area contributed by atoms with Crippen molar-refractivity contribution in [3.05, 3.63) is 90.5 Å². The van der Waals surface area contributed by atoms with Gasteiger partial charge in [-0.25, -0.2) is 0 Å². The lowest BCUT2D eigenvalue weighted by Gasteiger charge is -2.22. The number of hydrogen-bond donors (Lipinski definition) is 0. The normalized spacial score (nSPS) is 17.1. The zero-order valence-corrected chi connectivity index (χ0v) is 12.6. The van der Waals surface area contributed by atoms with Gasteiger partial charge in [0.2, 0.25) is 0 Å². The van der Waals surface area contributed by atoms with Crippen molar-refractivity contribution in [3.63, 3.8) is 0 Å². The summed E-state index contributed by atoms with van der Waals surface area (Å²) < 4.78 is 0. The largest absolute Gasteiger partial charge is 0.265 e. The van der Waals surface area contributed by atoms with E-state index in [0.717, 1.165) is 29.1 Å². The van der Waals surface area contributed by atoms with E-state index < -0.39 is 0 Å². The third kappa shape index (κ3) is 2.71. The van der Waals surface area contributed by atoms with Gasteiger partial charge >= 0.3 is 0 Å². The first-order chi connectivity index (χ1) is 11.4. The van der Waals surface area contributed by atoms with E-state index in [1.54, 1.807) is 12.4 Å². The summed E-state index contributed by atoms with van der Waals surface area (Å²) in [6.45, 7) is 0. The van der Waals surface area contributed by atoms with E-state index in [2.05, 4.69) is 33.2 Å². The molecule has 1 aromatic carbocycles. The van der Waals surface area contributed by atoms with Crippen LogP contribution in [0, 0.1) is 0 Å². The molecule has 0 spiro atoms. The van der Waals surface area contributed by atoms with Gasteiger partial charge < -0.3 is 0 Å². The summed E-state index contributed by atoms with van der Waals surface area (Å²) in [4.78, 5) is 8.63. The van der Waals surface area contributed by atoms with Gasteiger partial charge in [0.1, 0.15) is 6.04 Å². The first-order valence-corrected chi connectivity index (χ1v) is 7.65. The Morgan fingerprint density at radius 3 is 2.35 bits per heavy atom. The van der Waals surface area contributed by atoms with E-state index in [-0.39, 0.29) is 6.04 Å². The number of para-hydroxylation sites is 1. The van der Waals surface area contributed by atoms with Crippen LogP contribution < -0.4 is 5.01 Å². The second kappa shape index (κ2) is 6.01. The monoisotopic (exact) mass is 300 g/mol. The summed E-state index contributed by atoms with van der Waals surface area (Å²) in [5.74, 6) is 0. The smallest absolute Gasteiger partial charge is 0.100 e. The molecule has 0 saturated carbocycles. The molecule has 3 heterocycles. The maximum atomic E-state index is 4.87. The topological polar surface area (TPSA) is 41.4 Å². The van der Waals surface area contributed by atoms with Gasteiger partial charge in [-0.1, -0.05) is 24.3 Å². The number of hydrogen-bond acceptors (Lipinski definition) is 4. The Morgan fingerprint density at radius 1 is 0.826 bits per heavy atom. The lowest BCUT2D eigenvalue weighted by atomic mass is 10.0. The van der Waals surface area contributed by atoms with E-state index in [0.29, 0.717) is 0 Å². The van der Waals surface area contributed by atoms with E-state index in [9.17, 15) is 0 Å². The van der Waals surface area contributed by atoms with Gasteiger partial charge in [0, 0.05) is 30.6 Å². The van der Waals surface area contributed by atoms with Crippen LogP contribution in [-0.2, 0) is 0 Å². The molecule has 3 aromatic rings. The molecule has 0 amide bonds. The number of benzene rings is 1. The first kappa shape index (κ1) is 13.6. The van der Waals surface area contributed by atoms with Crippen LogP contribution in [0.15, 0.2) is 84.4 Å². The highest BCUT2D eigenvalue weighted by atomic mass is 15.5. The molecule has 1 aliphatic rings. The second-order valence-electron chi connectivity index (χ2n) is 5.44. The van der Waals surface area contributed by atoms with Gasteiger partial charge in [-0.3, -0.25) is 15.0 Å². The number of anilines is 1. The summed E-state index contributed by atoms with van der Waals surface area (Å²) in [5, 5.41) is 6.94. The van der Waals surface area contributed by atoms with Crippen molar-refractivity contribution in [3.8, 4) is 0 Å². The van der Waals surface area contributed by atoms with Crippen LogP contribution in [0.2, 0.25) is 0 Å². The summed E-state index contributed by atoms with van der Waals surface area (Å²) in [7, 11) is 0. The van der Waals surface area contributed by atoms with E-state index in [1.165, 1.54) is 0 Å². The summed E-state index contributed by atoms with van der Waals surface area (Å²) in [6, 6.07) is 20.4. The molecule has 0 fully saturated rings. The van der Waals surface area contributed by atoms with Crippen molar-refractivity contribution in [1.82, 2.24) is 9.97 Å². The van der Waals surface area contributed by atoms with Crippen LogP contribution in [0.3, 0.4) is 0 Å². The molecule has 4 heteroatoms. The van der Waals surface area contributed by atoms with Crippen LogP contribution in [-0.4, -0.2) is 15.7 Å². The van der Waals surface area contributed by atoms with Gasteiger partial charge in [0.05, 0.1) is 17.1 Å². The predicted molar refractivity (Wildman–Crippen MR) is 91.3 cm³/mol. The van der Waals surface area contributed by atoms with Gasteiger partial charge in [-0.2, -0.15) is 5.10 Å². The Bertz CT molecular complexity index is 801. The Balaban J connectivity index is 1.75. The van der Waals surface area contributed by atoms with Crippen molar-refractivity contribution in [2.75, 3.05) is 5.01 Å². The molecule has 112 valence electrons. The number of pyridine rings is 2. The molecular weight excluding hydrogens is 284 g/mol. The van der Waals surface area contributed by atoms with Crippen molar-refractivity contribution in [2.45, 2.75) is 12.5 Å². The van der Waals surface area contributed by atoms with Crippen LogP contribution in [0.25, 0.3) is 0 Å². The molecular formula is C19H16N4. The van der Waals surface area contributed by atoms with Crippen molar-refractivity contribution in [2.24, 2.45) is 5.10 Å². The maximum absolute atomic E-state index is 4.87. The average Bonchev–Trinajstić information content (AvgIpc) is 3.09. The van der Waals surface area contributed by atoms with Crippen LogP contribution in [0.5, 0.6) is 0 Å². The van der Waals surface area contributed by atoms with Gasteiger partial charge in [-0.15, -0.1) is 0 Å². The van der Waals surface area contributed by atoms with Crippen molar-refractivity contribution in [1.29, 1.82) is 0 Å². The predicted octanol–water partition coefficient (Wildman–Crippen LogP) is 3.83. The SMILES string of the molecule is c1ccc(N2N=C(c3ccncc3)C[C@H]2c2ccccn2)cc1. The minimum Gasteiger partial charge on any atom is -0.265 e. The highest BCUT2D eigenvalue weighted by molar-refractivity contribution is 6.03. The third-order valence-corrected chi connectivity index (χ3v) is 3.97. The first-order valence-electron chi connectivity index (χ1n) is 7.65. The summed E-state index contributed by atoms with van der Waals surface area (Å²) in [5.41, 5.74) is 4.28. The molecule has 0 bridgehead atoms. The highest BCUT2D eigenvalue weighted by Gasteiger charge is 2.30. The Morgan fingerprint density at radius 2 is 1.61 bits per heavy atom. The number of aromatic nitrogens is 2. The molecule has 23 heavy (non-hydrogen) atoms. The minimum atomic E-state index is 0.113. The number of hydrazone groups is 1.